The molecule has 0 bridgehead atoms. The summed E-state index contributed by atoms with van der Waals surface area (Å²) in [6.07, 6.45) is 1.90. The number of fused-ring (bicyclic) bond motifs is 1. The molecular weight excluding hydrogens is 384 g/mol. The predicted molar refractivity (Wildman–Crippen MR) is 116 cm³/mol. The van der Waals surface area contributed by atoms with E-state index in [0.29, 0.717) is 13.3 Å². The lowest BCUT2D eigenvalue weighted by Crippen LogP contribution is -2.45. The second kappa shape index (κ2) is 10.3. The Balaban J connectivity index is 1.43. The Bertz CT molecular complexity index is 715. The highest BCUT2D eigenvalue weighted by atomic mass is 16.7. The third-order valence-corrected chi connectivity index (χ3v) is 6.14. The highest BCUT2D eigenvalue weighted by molar-refractivity contribution is 5.79. The largest absolute Gasteiger partial charge is 0.454 e. The number of aliphatic imine (C=N–C) groups is 1. The van der Waals surface area contributed by atoms with Gasteiger partial charge in [-0.25, -0.2) is 0 Å². The van der Waals surface area contributed by atoms with E-state index in [1.807, 2.05) is 6.07 Å². The first-order valence-corrected chi connectivity index (χ1v) is 11.1. The van der Waals surface area contributed by atoms with Crippen molar-refractivity contribution in [2.24, 2.45) is 4.99 Å². The van der Waals surface area contributed by atoms with Crippen molar-refractivity contribution in [1.29, 1.82) is 0 Å². The monoisotopic (exact) mass is 418 g/mol. The Labute approximate surface area is 178 Å². The van der Waals surface area contributed by atoms with Crippen molar-refractivity contribution in [3.8, 4) is 11.5 Å². The van der Waals surface area contributed by atoms with Crippen molar-refractivity contribution in [3.05, 3.63) is 23.8 Å². The van der Waals surface area contributed by atoms with Gasteiger partial charge in [0.15, 0.2) is 17.5 Å². The third-order valence-electron chi connectivity index (χ3n) is 6.14. The molecule has 0 saturated carbocycles. The molecule has 3 aliphatic rings. The van der Waals surface area contributed by atoms with Crippen molar-refractivity contribution in [3.63, 3.8) is 0 Å². The maximum absolute atomic E-state index is 5.67. The number of hydrogen-bond donors (Lipinski definition) is 2. The first kappa shape index (κ1) is 21.2. The summed E-state index contributed by atoms with van der Waals surface area (Å²) >= 11 is 0. The summed E-state index contributed by atoms with van der Waals surface area (Å²) in [7, 11) is 0. The van der Waals surface area contributed by atoms with Gasteiger partial charge >= 0.3 is 0 Å². The number of guanidine groups is 1. The van der Waals surface area contributed by atoms with Gasteiger partial charge in [-0.1, -0.05) is 6.07 Å². The topological polar surface area (TPSA) is 76.6 Å². The molecule has 0 atom stereocenters. The van der Waals surface area contributed by atoms with E-state index in [2.05, 4.69) is 34.6 Å². The van der Waals surface area contributed by atoms with E-state index in [1.165, 1.54) is 5.56 Å². The van der Waals surface area contributed by atoms with E-state index in [4.69, 9.17) is 23.9 Å². The van der Waals surface area contributed by atoms with Gasteiger partial charge in [0.25, 0.3) is 0 Å². The molecule has 2 saturated heterocycles. The average molecular weight is 419 g/mol. The summed E-state index contributed by atoms with van der Waals surface area (Å²) in [6, 6.07) is 6.31. The number of nitrogens with one attached hydrogen (secondary N) is 2. The van der Waals surface area contributed by atoms with Crippen LogP contribution >= 0.6 is 0 Å². The van der Waals surface area contributed by atoms with Crippen LogP contribution in [0, 0.1) is 0 Å². The van der Waals surface area contributed by atoms with Crippen LogP contribution in [0.15, 0.2) is 23.2 Å². The van der Waals surface area contributed by atoms with Crippen molar-refractivity contribution < 1.29 is 18.9 Å². The normalized spacial score (nSPS) is 21.4. The van der Waals surface area contributed by atoms with Gasteiger partial charge in [0.1, 0.15) is 0 Å². The molecule has 1 aromatic rings. The molecule has 3 heterocycles. The van der Waals surface area contributed by atoms with Gasteiger partial charge in [0.05, 0.1) is 19.8 Å². The predicted octanol–water partition coefficient (Wildman–Crippen LogP) is 1.35. The van der Waals surface area contributed by atoms with E-state index in [9.17, 15) is 0 Å². The molecule has 0 radical (unpaired) electrons. The highest BCUT2D eigenvalue weighted by Crippen LogP contribution is 2.41. The second-order valence-corrected chi connectivity index (χ2v) is 8.04. The second-order valence-electron chi connectivity index (χ2n) is 8.04. The van der Waals surface area contributed by atoms with E-state index < -0.39 is 0 Å². The van der Waals surface area contributed by atoms with E-state index in [-0.39, 0.29) is 5.41 Å². The van der Waals surface area contributed by atoms with Crippen LogP contribution in [0.4, 0.5) is 0 Å². The Hall–Kier alpha value is -2.03. The number of rotatable bonds is 7. The van der Waals surface area contributed by atoms with Gasteiger partial charge in [0, 0.05) is 51.4 Å². The zero-order valence-electron chi connectivity index (χ0n) is 18.0. The van der Waals surface area contributed by atoms with Gasteiger partial charge in [-0.3, -0.25) is 9.89 Å². The number of benzene rings is 1. The fraction of sp³-hybridized carbons (Fsp3) is 0.682. The van der Waals surface area contributed by atoms with Crippen molar-refractivity contribution in [1.82, 2.24) is 15.5 Å². The summed E-state index contributed by atoms with van der Waals surface area (Å²) in [5, 5.41) is 6.89. The van der Waals surface area contributed by atoms with Gasteiger partial charge in [0.2, 0.25) is 6.79 Å². The Morgan fingerprint density at radius 2 is 1.80 bits per heavy atom. The Morgan fingerprint density at radius 3 is 2.60 bits per heavy atom. The molecular formula is C22H34N4O4. The molecule has 8 nitrogen and oxygen atoms in total. The lowest BCUT2D eigenvalue weighted by molar-refractivity contribution is 0.0389. The summed E-state index contributed by atoms with van der Waals surface area (Å²) in [5.74, 6) is 2.53. The van der Waals surface area contributed by atoms with Crippen LogP contribution in [0.5, 0.6) is 11.5 Å². The molecule has 166 valence electrons. The van der Waals surface area contributed by atoms with Crippen molar-refractivity contribution >= 4 is 5.96 Å². The standard InChI is InChI=1S/C22H34N4O4/c1-2-23-21(24-7-8-26-9-13-28-14-10-26)25-16-22(5-11-27-12-6-22)18-3-4-19-20(15-18)30-17-29-19/h3-4,15H,2,5-14,16-17H2,1H3,(H2,23,24,25). The number of ether oxygens (including phenoxy) is 4. The summed E-state index contributed by atoms with van der Waals surface area (Å²) in [4.78, 5) is 7.41. The molecule has 30 heavy (non-hydrogen) atoms. The molecule has 1 aromatic carbocycles. The van der Waals surface area contributed by atoms with Crippen LogP contribution in [-0.2, 0) is 14.9 Å². The summed E-state index contributed by atoms with van der Waals surface area (Å²) in [5.41, 5.74) is 1.20. The first-order chi connectivity index (χ1) is 14.8. The first-order valence-electron chi connectivity index (χ1n) is 11.1. The van der Waals surface area contributed by atoms with Gasteiger partial charge in [-0.15, -0.1) is 0 Å². The minimum absolute atomic E-state index is 0.0498. The summed E-state index contributed by atoms with van der Waals surface area (Å²) in [6.45, 7) is 11.0. The minimum Gasteiger partial charge on any atom is -0.454 e. The highest BCUT2D eigenvalue weighted by Gasteiger charge is 2.35. The van der Waals surface area contributed by atoms with E-state index in [1.54, 1.807) is 0 Å². The van der Waals surface area contributed by atoms with Crippen molar-refractivity contribution in [2.75, 3.05) is 72.5 Å². The van der Waals surface area contributed by atoms with Crippen LogP contribution < -0.4 is 20.1 Å². The SMILES string of the molecule is CCNC(=NCC1(c2ccc3c(c2)OCO3)CCOCC1)NCCN1CCOCC1. The van der Waals surface area contributed by atoms with E-state index >= 15 is 0 Å². The molecule has 2 N–H and O–H groups in total. The van der Waals surface area contributed by atoms with Crippen molar-refractivity contribution in [2.45, 2.75) is 25.2 Å². The third kappa shape index (κ3) is 5.17. The van der Waals surface area contributed by atoms with Gasteiger partial charge in [-0.2, -0.15) is 0 Å². The average Bonchev–Trinajstić information content (AvgIpc) is 3.27. The van der Waals surface area contributed by atoms with Crippen LogP contribution in [0.1, 0.15) is 25.3 Å². The quantitative estimate of drug-likeness (QED) is 0.511. The molecule has 0 amide bonds. The number of morpholine rings is 1. The Morgan fingerprint density at radius 1 is 1.03 bits per heavy atom. The maximum atomic E-state index is 5.67. The minimum atomic E-state index is -0.0498. The maximum Gasteiger partial charge on any atom is 0.231 e. The fourth-order valence-corrected chi connectivity index (χ4v) is 4.26. The molecule has 8 heteroatoms. The Kier molecular flexibility index (Phi) is 7.30. The molecule has 0 unspecified atom stereocenters. The number of nitrogens with zero attached hydrogens (tertiary/aromatic N) is 2. The lowest BCUT2D eigenvalue weighted by atomic mass is 9.74. The van der Waals surface area contributed by atoms with Crippen LogP contribution in [-0.4, -0.2) is 83.3 Å². The lowest BCUT2D eigenvalue weighted by Gasteiger charge is -2.36. The zero-order chi connectivity index (χ0) is 20.7. The van der Waals surface area contributed by atoms with Gasteiger partial charge < -0.3 is 29.6 Å². The number of hydrogen-bond acceptors (Lipinski definition) is 6. The van der Waals surface area contributed by atoms with E-state index in [0.717, 1.165) is 89.5 Å². The van der Waals surface area contributed by atoms with Gasteiger partial charge in [-0.05, 0) is 37.5 Å². The molecule has 0 aliphatic carbocycles. The molecule has 4 rings (SSSR count). The van der Waals surface area contributed by atoms with Crippen LogP contribution in [0.2, 0.25) is 0 Å². The summed E-state index contributed by atoms with van der Waals surface area (Å²) < 4.78 is 22.2. The molecule has 2 fully saturated rings. The van der Waals surface area contributed by atoms with Crippen LogP contribution in [0.25, 0.3) is 0 Å². The fourth-order valence-electron chi connectivity index (χ4n) is 4.26. The van der Waals surface area contributed by atoms with Crippen LogP contribution in [0.3, 0.4) is 0 Å². The molecule has 3 aliphatic heterocycles. The molecule has 0 spiro atoms. The molecule has 0 aromatic heterocycles. The zero-order valence-corrected chi connectivity index (χ0v) is 18.0. The smallest absolute Gasteiger partial charge is 0.231 e.